The number of nitrogens with zero attached hydrogens (tertiary/aromatic N) is 1. The SMILES string of the molecule is CNC(=O)CCN(C)C(=O)c1ccc(N)c(O)c1. The second kappa shape index (κ2) is 5.90. The summed E-state index contributed by atoms with van der Waals surface area (Å²) in [6, 6.07) is 4.32. The van der Waals surface area contributed by atoms with Crippen molar-refractivity contribution in [1.29, 1.82) is 0 Å². The second-order valence-electron chi connectivity index (χ2n) is 3.92. The Morgan fingerprint density at radius 1 is 1.44 bits per heavy atom. The predicted molar refractivity (Wildman–Crippen MR) is 68.2 cm³/mol. The van der Waals surface area contributed by atoms with Crippen molar-refractivity contribution in [2.45, 2.75) is 6.42 Å². The molecule has 0 spiro atoms. The first-order chi connectivity index (χ1) is 8.45. The van der Waals surface area contributed by atoms with Crippen LogP contribution in [0, 0.1) is 0 Å². The van der Waals surface area contributed by atoms with E-state index in [2.05, 4.69) is 5.32 Å². The summed E-state index contributed by atoms with van der Waals surface area (Å²) in [6.45, 7) is 0.309. The van der Waals surface area contributed by atoms with Gasteiger partial charge >= 0.3 is 0 Å². The van der Waals surface area contributed by atoms with Crippen LogP contribution >= 0.6 is 0 Å². The van der Waals surface area contributed by atoms with Crippen LogP contribution < -0.4 is 11.1 Å². The fourth-order valence-corrected chi connectivity index (χ4v) is 1.39. The van der Waals surface area contributed by atoms with Gasteiger partial charge in [-0.1, -0.05) is 0 Å². The molecule has 98 valence electrons. The zero-order valence-electron chi connectivity index (χ0n) is 10.4. The Balaban J connectivity index is 2.68. The fraction of sp³-hybridized carbons (Fsp3) is 0.333. The smallest absolute Gasteiger partial charge is 0.253 e. The van der Waals surface area contributed by atoms with Gasteiger partial charge < -0.3 is 21.1 Å². The summed E-state index contributed by atoms with van der Waals surface area (Å²) in [5.41, 5.74) is 6.01. The van der Waals surface area contributed by atoms with E-state index in [4.69, 9.17) is 5.73 Å². The lowest BCUT2D eigenvalue weighted by molar-refractivity contribution is -0.120. The van der Waals surface area contributed by atoms with E-state index in [-0.39, 0.29) is 29.7 Å². The van der Waals surface area contributed by atoms with Gasteiger partial charge in [0.25, 0.3) is 5.91 Å². The molecule has 0 unspecified atom stereocenters. The molecule has 0 aliphatic heterocycles. The molecule has 0 fully saturated rings. The average molecular weight is 251 g/mol. The Morgan fingerprint density at radius 2 is 2.11 bits per heavy atom. The zero-order valence-corrected chi connectivity index (χ0v) is 10.4. The minimum Gasteiger partial charge on any atom is -0.506 e. The van der Waals surface area contributed by atoms with Gasteiger partial charge in [0.1, 0.15) is 5.75 Å². The monoisotopic (exact) mass is 251 g/mol. The first-order valence-electron chi connectivity index (χ1n) is 5.50. The summed E-state index contributed by atoms with van der Waals surface area (Å²) in [5.74, 6) is -0.524. The molecule has 4 N–H and O–H groups in total. The number of benzene rings is 1. The molecule has 0 saturated carbocycles. The lowest BCUT2D eigenvalue weighted by Crippen LogP contribution is -2.31. The van der Waals surface area contributed by atoms with Crippen molar-refractivity contribution in [1.82, 2.24) is 10.2 Å². The molecule has 1 rings (SSSR count). The molecule has 1 aromatic carbocycles. The molecule has 0 heterocycles. The van der Waals surface area contributed by atoms with Crippen LogP contribution in [0.4, 0.5) is 5.69 Å². The van der Waals surface area contributed by atoms with E-state index >= 15 is 0 Å². The van der Waals surface area contributed by atoms with E-state index in [1.54, 1.807) is 14.1 Å². The van der Waals surface area contributed by atoms with Crippen LogP contribution in [-0.2, 0) is 4.79 Å². The van der Waals surface area contributed by atoms with E-state index in [9.17, 15) is 14.7 Å². The molecular weight excluding hydrogens is 234 g/mol. The summed E-state index contributed by atoms with van der Waals surface area (Å²) >= 11 is 0. The van der Waals surface area contributed by atoms with Gasteiger partial charge in [0.05, 0.1) is 5.69 Å². The molecule has 18 heavy (non-hydrogen) atoms. The maximum absolute atomic E-state index is 12.0. The van der Waals surface area contributed by atoms with Crippen LogP contribution in [0.1, 0.15) is 16.8 Å². The Bertz CT molecular complexity index is 460. The number of amides is 2. The molecule has 0 aromatic heterocycles. The number of rotatable bonds is 4. The Kier molecular flexibility index (Phi) is 4.53. The van der Waals surface area contributed by atoms with E-state index in [1.807, 2.05) is 0 Å². The number of carbonyl (C=O) groups excluding carboxylic acids is 2. The maximum Gasteiger partial charge on any atom is 0.253 e. The Hall–Kier alpha value is -2.24. The van der Waals surface area contributed by atoms with Gasteiger partial charge in [0.15, 0.2) is 0 Å². The van der Waals surface area contributed by atoms with Gasteiger partial charge in [-0.3, -0.25) is 9.59 Å². The number of hydrogen-bond acceptors (Lipinski definition) is 4. The normalized spacial score (nSPS) is 9.89. The highest BCUT2D eigenvalue weighted by atomic mass is 16.3. The molecule has 0 aliphatic carbocycles. The standard InChI is InChI=1S/C12H17N3O3/c1-14-11(17)5-6-15(2)12(18)8-3-4-9(13)10(16)7-8/h3-4,7,16H,5-6,13H2,1-2H3,(H,14,17). The number of carbonyl (C=O) groups is 2. The van der Waals surface area contributed by atoms with Crippen LogP contribution in [0.25, 0.3) is 0 Å². The molecule has 0 radical (unpaired) electrons. The number of hydrogen-bond donors (Lipinski definition) is 3. The molecule has 1 aromatic rings. The maximum atomic E-state index is 12.0. The van der Waals surface area contributed by atoms with Crippen LogP contribution in [-0.4, -0.2) is 42.5 Å². The van der Waals surface area contributed by atoms with Crippen LogP contribution in [0.2, 0.25) is 0 Å². The molecule has 0 saturated heterocycles. The van der Waals surface area contributed by atoms with Crippen molar-refractivity contribution >= 4 is 17.5 Å². The molecule has 0 atom stereocenters. The number of nitrogens with two attached hydrogens (primary N) is 1. The van der Waals surface area contributed by atoms with Gasteiger partial charge in [-0.15, -0.1) is 0 Å². The van der Waals surface area contributed by atoms with Crippen molar-refractivity contribution < 1.29 is 14.7 Å². The van der Waals surface area contributed by atoms with Gasteiger partial charge in [-0.2, -0.15) is 0 Å². The van der Waals surface area contributed by atoms with Crippen LogP contribution in [0.15, 0.2) is 18.2 Å². The first-order valence-corrected chi connectivity index (χ1v) is 5.50. The lowest BCUT2D eigenvalue weighted by Gasteiger charge is -2.17. The summed E-state index contributed by atoms with van der Waals surface area (Å²) in [4.78, 5) is 24.4. The van der Waals surface area contributed by atoms with Gasteiger partial charge in [-0.05, 0) is 18.2 Å². The van der Waals surface area contributed by atoms with E-state index in [0.717, 1.165) is 0 Å². The summed E-state index contributed by atoms with van der Waals surface area (Å²) in [6.07, 6.45) is 0.236. The number of phenolic OH excluding ortho intramolecular Hbond substituents is 1. The third-order valence-electron chi connectivity index (χ3n) is 2.58. The van der Waals surface area contributed by atoms with E-state index in [0.29, 0.717) is 12.1 Å². The minimum absolute atomic E-state index is 0.124. The van der Waals surface area contributed by atoms with Crippen molar-refractivity contribution in [2.75, 3.05) is 26.4 Å². The topological polar surface area (TPSA) is 95.7 Å². The molecular formula is C12H17N3O3. The molecule has 2 amide bonds. The van der Waals surface area contributed by atoms with E-state index < -0.39 is 0 Å². The van der Waals surface area contributed by atoms with Crippen molar-refractivity contribution in [3.8, 4) is 5.75 Å². The first kappa shape index (κ1) is 13.8. The quantitative estimate of drug-likeness (QED) is 0.525. The van der Waals surface area contributed by atoms with Crippen molar-refractivity contribution in [3.63, 3.8) is 0 Å². The summed E-state index contributed by atoms with van der Waals surface area (Å²) in [5, 5.41) is 11.9. The number of aromatic hydroxyl groups is 1. The zero-order chi connectivity index (χ0) is 13.7. The molecule has 6 nitrogen and oxygen atoms in total. The predicted octanol–water partition coefficient (Wildman–Crippen LogP) is 0.182. The lowest BCUT2D eigenvalue weighted by atomic mass is 10.1. The second-order valence-corrected chi connectivity index (χ2v) is 3.92. The Labute approximate surface area is 105 Å². The fourth-order valence-electron chi connectivity index (χ4n) is 1.39. The highest BCUT2D eigenvalue weighted by Gasteiger charge is 2.13. The highest BCUT2D eigenvalue weighted by molar-refractivity contribution is 5.95. The summed E-state index contributed by atoms with van der Waals surface area (Å²) in [7, 11) is 3.14. The number of phenols is 1. The van der Waals surface area contributed by atoms with Crippen molar-refractivity contribution in [3.05, 3.63) is 23.8 Å². The third-order valence-corrected chi connectivity index (χ3v) is 2.58. The molecule has 0 aliphatic rings. The van der Waals surface area contributed by atoms with E-state index in [1.165, 1.54) is 23.1 Å². The number of anilines is 1. The van der Waals surface area contributed by atoms with Gasteiger partial charge in [-0.25, -0.2) is 0 Å². The van der Waals surface area contributed by atoms with Crippen LogP contribution in [0.5, 0.6) is 5.75 Å². The molecule has 0 bridgehead atoms. The average Bonchev–Trinajstić information content (AvgIpc) is 2.37. The van der Waals surface area contributed by atoms with Gasteiger partial charge in [0.2, 0.25) is 5.91 Å². The van der Waals surface area contributed by atoms with Gasteiger partial charge in [0, 0.05) is 32.6 Å². The third kappa shape index (κ3) is 3.38. The summed E-state index contributed by atoms with van der Waals surface area (Å²) < 4.78 is 0. The van der Waals surface area contributed by atoms with Crippen molar-refractivity contribution in [2.24, 2.45) is 0 Å². The number of nitrogens with one attached hydrogen (secondary N) is 1. The van der Waals surface area contributed by atoms with Crippen LogP contribution in [0.3, 0.4) is 0 Å². The largest absolute Gasteiger partial charge is 0.506 e. The Morgan fingerprint density at radius 3 is 2.67 bits per heavy atom. The number of nitrogen functional groups attached to an aromatic ring is 1. The highest BCUT2D eigenvalue weighted by Crippen LogP contribution is 2.21. The molecule has 6 heteroatoms. The minimum atomic E-state index is -0.269.